The molecule has 1 saturated carbocycles. The molecule has 1 atom stereocenters. The number of nitrogens with zero attached hydrogens (tertiary/aromatic N) is 2. The van der Waals surface area contributed by atoms with Crippen LogP contribution in [0.15, 0.2) is 54.6 Å². The van der Waals surface area contributed by atoms with E-state index >= 15 is 0 Å². The first-order valence-corrected chi connectivity index (χ1v) is 10.2. The van der Waals surface area contributed by atoms with Gasteiger partial charge in [-0.15, -0.1) is 0 Å². The predicted molar refractivity (Wildman–Crippen MR) is 109 cm³/mol. The van der Waals surface area contributed by atoms with E-state index in [9.17, 15) is 15.0 Å². The highest BCUT2D eigenvalue weighted by molar-refractivity contribution is 5.94. The van der Waals surface area contributed by atoms with Gasteiger partial charge in [0.05, 0.1) is 0 Å². The average Bonchev–Trinajstić information content (AvgIpc) is 3.21. The van der Waals surface area contributed by atoms with Crippen LogP contribution >= 0.6 is 0 Å². The summed E-state index contributed by atoms with van der Waals surface area (Å²) in [6.45, 7) is 2.29. The van der Waals surface area contributed by atoms with E-state index in [1.807, 2.05) is 52.3 Å². The number of hydrogen-bond acceptors (Lipinski definition) is 4. The maximum Gasteiger partial charge on any atom is 0.253 e. The van der Waals surface area contributed by atoms with E-state index in [1.165, 1.54) is 0 Å². The summed E-state index contributed by atoms with van der Waals surface area (Å²) in [5.41, 5.74) is 1.92. The largest absolute Gasteiger partial charge is 0.386 e. The van der Waals surface area contributed by atoms with Crippen LogP contribution in [0.1, 0.15) is 36.0 Å². The van der Waals surface area contributed by atoms with Crippen LogP contribution < -0.4 is 0 Å². The number of piperazine rings is 1. The van der Waals surface area contributed by atoms with Crippen molar-refractivity contribution in [1.82, 2.24) is 9.80 Å². The summed E-state index contributed by atoms with van der Waals surface area (Å²) in [6, 6.07) is 17.8. The van der Waals surface area contributed by atoms with E-state index in [1.54, 1.807) is 0 Å². The molecule has 1 unspecified atom stereocenters. The Bertz CT molecular complexity index is 792. The van der Waals surface area contributed by atoms with E-state index in [2.05, 4.69) is 12.1 Å². The van der Waals surface area contributed by atoms with Gasteiger partial charge in [-0.05, 0) is 36.1 Å². The van der Waals surface area contributed by atoms with Crippen LogP contribution in [0.4, 0.5) is 0 Å². The van der Waals surface area contributed by atoms with Crippen LogP contribution in [-0.2, 0) is 0 Å². The molecular formula is C23H28N2O3. The first kappa shape index (κ1) is 19.1. The Labute approximate surface area is 166 Å². The summed E-state index contributed by atoms with van der Waals surface area (Å²) in [7, 11) is 0. The van der Waals surface area contributed by atoms with Gasteiger partial charge < -0.3 is 15.1 Å². The van der Waals surface area contributed by atoms with Crippen molar-refractivity contribution in [3.8, 4) is 11.1 Å². The molecule has 0 aromatic heterocycles. The molecule has 2 aromatic rings. The fourth-order valence-corrected chi connectivity index (χ4v) is 4.37. The topological polar surface area (TPSA) is 64.0 Å². The zero-order chi connectivity index (χ0) is 19.6. The minimum absolute atomic E-state index is 0.0216. The highest BCUT2D eigenvalue weighted by Crippen LogP contribution is 2.34. The number of aliphatic hydroxyl groups excluding tert-OH is 1. The van der Waals surface area contributed by atoms with Crippen LogP contribution in [0.5, 0.6) is 0 Å². The Morgan fingerprint density at radius 1 is 0.857 bits per heavy atom. The van der Waals surface area contributed by atoms with Gasteiger partial charge in [-0.1, -0.05) is 55.3 Å². The zero-order valence-corrected chi connectivity index (χ0v) is 16.1. The van der Waals surface area contributed by atoms with Crippen molar-refractivity contribution in [2.24, 2.45) is 0 Å². The molecule has 1 aliphatic carbocycles. The third-order valence-corrected chi connectivity index (χ3v) is 6.14. The lowest BCUT2D eigenvalue weighted by Gasteiger charge is -2.42. The smallest absolute Gasteiger partial charge is 0.253 e. The lowest BCUT2D eigenvalue weighted by molar-refractivity contribution is -0.152. The van der Waals surface area contributed by atoms with Gasteiger partial charge >= 0.3 is 0 Å². The summed E-state index contributed by atoms with van der Waals surface area (Å²) < 4.78 is 0. The van der Waals surface area contributed by atoms with Gasteiger partial charge in [0.1, 0.15) is 11.8 Å². The highest BCUT2D eigenvalue weighted by Gasteiger charge is 2.42. The summed E-state index contributed by atoms with van der Waals surface area (Å²) in [5.74, 6) is 0.0216. The summed E-state index contributed by atoms with van der Waals surface area (Å²) in [4.78, 5) is 16.6. The molecule has 2 aromatic carbocycles. The monoisotopic (exact) mass is 380 g/mol. The predicted octanol–water partition coefficient (Wildman–Crippen LogP) is 2.73. The third kappa shape index (κ3) is 3.83. The van der Waals surface area contributed by atoms with E-state index in [0.717, 1.165) is 24.0 Å². The van der Waals surface area contributed by atoms with Crippen molar-refractivity contribution in [3.63, 3.8) is 0 Å². The van der Waals surface area contributed by atoms with Gasteiger partial charge in [-0.25, -0.2) is 0 Å². The minimum Gasteiger partial charge on any atom is -0.386 e. The molecule has 1 heterocycles. The first-order chi connectivity index (χ1) is 13.6. The fourth-order valence-electron chi connectivity index (χ4n) is 4.37. The Kier molecular flexibility index (Phi) is 5.49. The summed E-state index contributed by atoms with van der Waals surface area (Å²) in [5, 5.41) is 21.2. The lowest BCUT2D eigenvalue weighted by Crippen LogP contribution is -2.58. The second kappa shape index (κ2) is 8.03. The van der Waals surface area contributed by atoms with Gasteiger partial charge in [0.15, 0.2) is 0 Å². The van der Waals surface area contributed by atoms with Gasteiger partial charge in [0, 0.05) is 31.7 Å². The summed E-state index contributed by atoms with van der Waals surface area (Å²) >= 11 is 0. The van der Waals surface area contributed by atoms with Crippen molar-refractivity contribution in [2.45, 2.75) is 37.5 Å². The molecule has 28 heavy (non-hydrogen) atoms. The van der Waals surface area contributed by atoms with Crippen LogP contribution in [0.25, 0.3) is 11.1 Å². The molecule has 148 valence electrons. The number of hydrogen-bond donors (Lipinski definition) is 2. The molecule has 1 amide bonds. The van der Waals surface area contributed by atoms with Crippen LogP contribution in [-0.4, -0.2) is 63.9 Å². The van der Waals surface area contributed by atoms with Gasteiger partial charge in [0.25, 0.3) is 5.91 Å². The molecular weight excluding hydrogens is 352 g/mol. The maximum absolute atomic E-state index is 12.8. The van der Waals surface area contributed by atoms with Crippen LogP contribution in [0.3, 0.4) is 0 Å². The van der Waals surface area contributed by atoms with E-state index in [4.69, 9.17) is 0 Å². The highest BCUT2D eigenvalue weighted by atomic mass is 16.4. The molecule has 2 fully saturated rings. The molecule has 2 N–H and O–H groups in total. The quantitative estimate of drug-likeness (QED) is 0.856. The fraction of sp³-hybridized carbons (Fsp3) is 0.435. The molecule has 0 bridgehead atoms. The van der Waals surface area contributed by atoms with Crippen LogP contribution in [0.2, 0.25) is 0 Å². The molecule has 0 spiro atoms. The van der Waals surface area contributed by atoms with E-state index < -0.39 is 11.8 Å². The average molecular weight is 380 g/mol. The Hall–Kier alpha value is -2.21. The third-order valence-electron chi connectivity index (χ3n) is 6.14. The molecule has 5 nitrogen and oxygen atoms in total. The van der Waals surface area contributed by atoms with Crippen molar-refractivity contribution >= 4 is 5.91 Å². The second-order valence-corrected chi connectivity index (χ2v) is 7.96. The van der Waals surface area contributed by atoms with Crippen molar-refractivity contribution in [2.75, 3.05) is 26.2 Å². The number of rotatable bonds is 4. The molecule has 5 heteroatoms. The Morgan fingerprint density at radius 2 is 1.43 bits per heavy atom. The normalized spacial score (nSPS) is 20.9. The Balaban J connectivity index is 1.36. The van der Waals surface area contributed by atoms with E-state index in [-0.39, 0.29) is 5.91 Å². The molecule has 0 radical (unpaired) electrons. The minimum atomic E-state index is -0.987. The molecule has 2 aliphatic rings. The number of amides is 1. The van der Waals surface area contributed by atoms with Gasteiger partial charge in [-0.3, -0.25) is 9.69 Å². The van der Waals surface area contributed by atoms with Crippen LogP contribution in [0, 0.1) is 0 Å². The van der Waals surface area contributed by atoms with Gasteiger partial charge in [-0.2, -0.15) is 0 Å². The first-order valence-electron chi connectivity index (χ1n) is 10.2. The maximum atomic E-state index is 12.8. The number of carbonyl (C=O) groups excluding carboxylic acids is 1. The molecule has 1 aliphatic heterocycles. The standard InChI is InChI=1S/C23H28N2O3/c26-21(20-10-8-19(9-11-20)18-6-2-1-3-7-18)24-14-16-25(17-15-24)22(27)23(28)12-4-5-13-23/h1-3,6-11,22,27-28H,4-5,12-17H2. The number of carbonyl (C=O) groups is 1. The molecule has 1 saturated heterocycles. The van der Waals surface area contributed by atoms with Crippen molar-refractivity contribution in [3.05, 3.63) is 60.2 Å². The zero-order valence-electron chi connectivity index (χ0n) is 16.1. The SMILES string of the molecule is O=C(c1ccc(-c2ccccc2)cc1)N1CCN(C(O)C2(O)CCCC2)CC1. The number of aliphatic hydroxyl groups is 2. The molecule has 4 rings (SSSR count). The van der Waals surface area contributed by atoms with Crippen molar-refractivity contribution in [1.29, 1.82) is 0 Å². The number of benzene rings is 2. The second-order valence-electron chi connectivity index (χ2n) is 7.96. The lowest BCUT2D eigenvalue weighted by atomic mass is 9.98. The van der Waals surface area contributed by atoms with E-state index in [0.29, 0.717) is 44.6 Å². The summed E-state index contributed by atoms with van der Waals surface area (Å²) in [6.07, 6.45) is 2.40. The van der Waals surface area contributed by atoms with Gasteiger partial charge in [0.2, 0.25) is 0 Å². The Morgan fingerprint density at radius 3 is 2.04 bits per heavy atom. The van der Waals surface area contributed by atoms with Crippen molar-refractivity contribution < 1.29 is 15.0 Å².